The van der Waals surface area contributed by atoms with Crippen LogP contribution in [0.5, 0.6) is 0 Å². The van der Waals surface area contributed by atoms with Crippen molar-refractivity contribution in [2.45, 2.75) is 11.3 Å². The van der Waals surface area contributed by atoms with Crippen molar-refractivity contribution >= 4 is 10.0 Å². The molecule has 15 heavy (non-hydrogen) atoms. The Labute approximate surface area is 89.2 Å². The van der Waals surface area contributed by atoms with E-state index in [-0.39, 0.29) is 4.90 Å². The fraction of sp³-hybridized carbons (Fsp3) is 0.333. The Hall–Kier alpha value is -0.950. The zero-order valence-electron chi connectivity index (χ0n) is 8.22. The molecular formula is C9H14N2O3S. The fourth-order valence-corrected chi connectivity index (χ4v) is 2.14. The van der Waals surface area contributed by atoms with Crippen LogP contribution in [0.15, 0.2) is 35.2 Å². The second-order valence-corrected chi connectivity index (χ2v) is 4.70. The highest BCUT2D eigenvalue weighted by atomic mass is 32.2. The molecule has 6 heteroatoms. The number of hydrogen-bond acceptors (Lipinski definition) is 4. The first-order chi connectivity index (χ1) is 7.17. The van der Waals surface area contributed by atoms with E-state index in [9.17, 15) is 8.42 Å². The monoisotopic (exact) mass is 230 g/mol. The molecule has 0 heterocycles. The van der Waals surface area contributed by atoms with Gasteiger partial charge in [-0.05, 0) is 18.6 Å². The van der Waals surface area contributed by atoms with Crippen LogP contribution in [0.4, 0.5) is 0 Å². The molecule has 0 saturated heterocycles. The maximum absolute atomic E-state index is 11.6. The van der Waals surface area contributed by atoms with Crippen LogP contribution >= 0.6 is 0 Å². The lowest BCUT2D eigenvalue weighted by atomic mass is 10.4. The van der Waals surface area contributed by atoms with Crippen LogP contribution in [-0.2, 0) is 14.9 Å². The second-order valence-electron chi connectivity index (χ2n) is 2.94. The van der Waals surface area contributed by atoms with Crippen molar-refractivity contribution in [3.05, 3.63) is 30.3 Å². The van der Waals surface area contributed by atoms with Gasteiger partial charge in [-0.3, -0.25) is 0 Å². The van der Waals surface area contributed by atoms with Crippen molar-refractivity contribution in [1.82, 2.24) is 4.72 Å². The summed E-state index contributed by atoms with van der Waals surface area (Å²) in [7, 11) is -3.39. The highest BCUT2D eigenvalue weighted by molar-refractivity contribution is 7.89. The number of sulfonamides is 1. The molecule has 0 radical (unpaired) electrons. The van der Waals surface area contributed by atoms with E-state index in [4.69, 9.17) is 5.90 Å². The third kappa shape index (κ3) is 3.96. The van der Waals surface area contributed by atoms with Gasteiger partial charge in [0.05, 0.1) is 11.5 Å². The molecule has 3 N–H and O–H groups in total. The third-order valence-corrected chi connectivity index (χ3v) is 3.26. The molecule has 0 aliphatic rings. The van der Waals surface area contributed by atoms with E-state index in [0.717, 1.165) is 0 Å². The number of nitrogens with two attached hydrogens (primary N) is 1. The lowest BCUT2D eigenvalue weighted by Gasteiger charge is -2.05. The largest absolute Gasteiger partial charge is 0.305 e. The molecule has 0 atom stereocenters. The zero-order valence-corrected chi connectivity index (χ0v) is 9.03. The Morgan fingerprint density at radius 1 is 1.27 bits per heavy atom. The first-order valence-electron chi connectivity index (χ1n) is 4.53. The second kappa shape index (κ2) is 5.82. The van der Waals surface area contributed by atoms with Gasteiger partial charge in [0.15, 0.2) is 0 Å². The molecule has 84 valence electrons. The van der Waals surface area contributed by atoms with E-state index in [1.165, 1.54) is 0 Å². The molecule has 0 saturated carbocycles. The van der Waals surface area contributed by atoms with Crippen molar-refractivity contribution in [1.29, 1.82) is 0 Å². The summed E-state index contributed by atoms with van der Waals surface area (Å²) in [4.78, 5) is 4.59. The summed E-state index contributed by atoms with van der Waals surface area (Å²) >= 11 is 0. The topological polar surface area (TPSA) is 81.4 Å². The minimum atomic E-state index is -3.39. The predicted molar refractivity (Wildman–Crippen MR) is 56.4 cm³/mol. The lowest BCUT2D eigenvalue weighted by molar-refractivity contribution is 0.136. The van der Waals surface area contributed by atoms with Gasteiger partial charge in [0, 0.05) is 6.54 Å². The molecule has 0 spiro atoms. The standard InChI is InChI=1S/C9H14N2O3S/c10-14-8-4-7-11-15(12,13)9-5-2-1-3-6-9/h1-3,5-6,11H,4,7-8,10H2. The van der Waals surface area contributed by atoms with Crippen LogP contribution in [0, 0.1) is 0 Å². The van der Waals surface area contributed by atoms with E-state index in [1.807, 2.05) is 0 Å². The van der Waals surface area contributed by atoms with Gasteiger partial charge in [0.25, 0.3) is 0 Å². The molecule has 0 amide bonds. The smallest absolute Gasteiger partial charge is 0.240 e. The number of hydrogen-bond donors (Lipinski definition) is 2. The Balaban J connectivity index is 2.53. The maximum atomic E-state index is 11.6. The highest BCUT2D eigenvalue weighted by Crippen LogP contribution is 2.06. The molecule has 0 aliphatic carbocycles. The predicted octanol–water partition coefficient (Wildman–Crippen LogP) is 0.245. The Kier molecular flexibility index (Phi) is 4.70. The molecule has 1 rings (SSSR count). The molecule has 0 bridgehead atoms. The van der Waals surface area contributed by atoms with Crippen LogP contribution in [-0.4, -0.2) is 21.6 Å². The average Bonchev–Trinajstić information content (AvgIpc) is 2.26. The van der Waals surface area contributed by atoms with Crippen molar-refractivity contribution in [3.8, 4) is 0 Å². The first-order valence-corrected chi connectivity index (χ1v) is 6.01. The Morgan fingerprint density at radius 3 is 2.53 bits per heavy atom. The van der Waals surface area contributed by atoms with Gasteiger partial charge in [-0.1, -0.05) is 18.2 Å². The summed E-state index contributed by atoms with van der Waals surface area (Å²) in [6.07, 6.45) is 0.544. The molecule has 1 aromatic rings. The molecule has 1 aromatic carbocycles. The maximum Gasteiger partial charge on any atom is 0.240 e. The van der Waals surface area contributed by atoms with E-state index in [2.05, 4.69) is 9.56 Å². The van der Waals surface area contributed by atoms with Crippen LogP contribution < -0.4 is 10.6 Å². The summed E-state index contributed by atoms with van der Waals surface area (Å²) in [5.74, 6) is 4.81. The quantitative estimate of drug-likeness (QED) is 0.542. The van der Waals surface area contributed by atoms with Gasteiger partial charge >= 0.3 is 0 Å². The van der Waals surface area contributed by atoms with Gasteiger partial charge in [-0.2, -0.15) is 0 Å². The van der Waals surface area contributed by atoms with Crippen LogP contribution in [0.25, 0.3) is 0 Å². The van der Waals surface area contributed by atoms with Crippen molar-refractivity contribution in [3.63, 3.8) is 0 Å². The van der Waals surface area contributed by atoms with E-state index < -0.39 is 10.0 Å². The Morgan fingerprint density at radius 2 is 1.93 bits per heavy atom. The summed E-state index contributed by atoms with van der Waals surface area (Å²) in [6, 6.07) is 8.21. The van der Waals surface area contributed by atoms with Gasteiger partial charge in [-0.15, -0.1) is 0 Å². The van der Waals surface area contributed by atoms with Gasteiger partial charge in [0.2, 0.25) is 10.0 Å². The van der Waals surface area contributed by atoms with Crippen LogP contribution in [0.2, 0.25) is 0 Å². The van der Waals surface area contributed by atoms with E-state index in [0.29, 0.717) is 19.6 Å². The molecule has 0 unspecified atom stereocenters. The SMILES string of the molecule is NOCCCNS(=O)(=O)c1ccccc1. The molecule has 0 aromatic heterocycles. The summed E-state index contributed by atoms with van der Waals surface area (Å²) in [5, 5.41) is 0. The number of nitrogens with one attached hydrogen (secondary N) is 1. The lowest BCUT2D eigenvalue weighted by Crippen LogP contribution is -2.25. The molecule has 5 nitrogen and oxygen atoms in total. The minimum absolute atomic E-state index is 0.263. The summed E-state index contributed by atoms with van der Waals surface area (Å²) < 4.78 is 25.7. The summed E-state index contributed by atoms with van der Waals surface area (Å²) in [5.41, 5.74) is 0. The van der Waals surface area contributed by atoms with Crippen molar-refractivity contribution < 1.29 is 13.3 Å². The average molecular weight is 230 g/mol. The van der Waals surface area contributed by atoms with Gasteiger partial charge in [-0.25, -0.2) is 19.0 Å². The number of benzene rings is 1. The van der Waals surface area contributed by atoms with E-state index in [1.54, 1.807) is 30.3 Å². The molecule has 0 fully saturated rings. The minimum Gasteiger partial charge on any atom is -0.305 e. The first kappa shape index (κ1) is 12.1. The van der Waals surface area contributed by atoms with Gasteiger partial charge in [0.1, 0.15) is 0 Å². The van der Waals surface area contributed by atoms with E-state index >= 15 is 0 Å². The molecular weight excluding hydrogens is 216 g/mol. The zero-order chi connectivity index (χ0) is 11.1. The third-order valence-electron chi connectivity index (χ3n) is 1.78. The highest BCUT2D eigenvalue weighted by Gasteiger charge is 2.11. The van der Waals surface area contributed by atoms with Crippen LogP contribution in [0.3, 0.4) is 0 Å². The normalized spacial score (nSPS) is 11.5. The number of rotatable bonds is 6. The molecule has 0 aliphatic heterocycles. The van der Waals surface area contributed by atoms with Crippen LogP contribution in [0.1, 0.15) is 6.42 Å². The fourth-order valence-electron chi connectivity index (χ4n) is 1.05. The Bertz CT molecular complexity index is 378. The summed E-state index contributed by atoms with van der Waals surface area (Å²) in [6.45, 7) is 0.645. The van der Waals surface area contributed by atoms with Crippen molar-refractivity contribution in [2.75, 3.05) is 13.2 Å². The van der Waals surface area contributed by atoms with Gasteiger partial charge < -0.3 is 4.84 Å². The van der Waals surface area contributed by atoms with Crippen molar-refractivity contribution in [2.24, 2.45) is 5.90 Å².